The maximum atomic E-state index is 12.9. The minimum absolute atomic E-state index is 0.00158. The number of carbonyl (C=O) groups excluding carboxylic acids is 1. The second-order valence-corrected chi connectivity index (χ2v) is 6.69. The highest BCUT2D eigenvalue weighted by Crippen LogP contribution is 2.46. The monoisotopic (exact) mass is 370 g/mol. The first-order chi connectivity index (χ1) is 12.8. The second-order valence-electron chi connectivity index (χ2n) is 6.69. The number of phenols is 3. The molecule has 0 spiro atoms. The number of benzene rings is 2. The summed E-state index contributed by atoms with van der Waals surface area (Å²) >= 11 is 0. The number of rotatable bonds is 7. The maximum absolute atomic E-state index is 12.9. The lowest BCUT2D eigenvalue weighted by Crippen LogP contribution is -2.11. The molecule has 1 aliphatic heterocycles. The van der Waals surface area contributed by atoms with Gasteiger partial charge >= 0.3 is 0 Å². The lowest BCUT2D eigenvalue weighted by atomic mass is 9.95. The van der Waals surface area contributed by atoms with Crippen LogP contribution in [-0.2, 0) is 11.2 Å². The van der Waals surface area contributed by atoms with Crippen molar-refractivity contribution >= 4 is 5.78 Å². The highest BCUT2D eigenvalue weighted by Gasteiger charge is 2.48. The molecule has 142 valence electrons. The van der Waals surface area contributed by atoms with Crippen LogP contribution in [0.25, 0.3) is 0 Å². The quantitative estimate of drug-likeness (QED) is 0.391. The Balaban J connectivity index is 1.90. The Kier molecular flexibility index (Phi) is 5.10. The molecule has 0 amide bonds. The number of aromatic hydroxyl groups is 3. The van der Waals surface area contributed by atoms with Gasteiger partial charge in [-0.1, -0.05) is 17.7 Å². The number of epoxide rings is 1. The molecule has 3 N–H and O–H groups in total. The normalized spacial score (nSPS) is 18.1. The highest BCUT2D eigenvalue weighted by molar-refractivity contribution is 6.06. The minimum Gasteiger partial charge on any atom is -0.508 e. The Bertz CT molecular complexity index is 885. The number of allylic oxidation sites excluding steroid dienone is 1. The van der Waals surface area contributed by atoms with Crippen LogP contribution >= 0.6 is 0 Å². The fraction of sp³-hybridized carbons (Fsp3) is 0.286. The van der Waals surface area contributed by atoms with Gasteiger partial charge in [-0.15, -0.1) is 6.58 Å². The van der Waals surface area contributed by atoms with E-state index in [0.717, 1.165) is 11.1 Å². The van der Waals surface area contributed by atoms with Crippen molar-refractivity contribution in [3.63, 3.8) is 0 Å². The van der Waals surface area contributed by atoms with Gasteiger partial charge in [-0.3, -0.25) is 4.79 Å². The lowest BCUT2D eigenvalue weighted by Gasteiger charge is -2.15. The fourth-order valence-electron chi connectivity index (χ4n) is 3.03. The molecule has 0 bridgehead atoms. The molecule has 1 fully saturated rings. The molecule has 0 aliphatic carbocycles. The van der Waals surface area contributed by atoms with Gasteiger partial charge < -0.3 is 24.8 Å². The standard InChI is InChI=1S/C21H22O6/c1-11(2)4-9-14-15(23)10-16(26-3)17(18(14)24)19(25)21-20(27-21)12-5-7-13(22)8-6-12/h5-8,10,20-24H,1,4,9H2,2-3H3/t20-,21-/m0/s1. The third kappa shape index (κ3) is 3.75. The number of methoxy groups -OCH3 is 1. The molecule has 2 aromatic rings. The molecule has 27 heavy (non-hydrogen) atoms. The Morgan fingerprint density at radius 1 is 1.22 bits per heavy atom. The number of hydrogen-bond acceptors (Lipinski definition) is 6. The zero-order chi connectivity index (χ0) is 19.7. The minimum atomic E-state index is -0.757. The summed E-state index contributed by atoms with van der Waals surface area (Å²) in [5.41, 5.74) is 1.93. The van der Waals surface area contributed by atoms with Crippen molar-refractivity contribution in [2.45, 2.75) is 32.0 Å². The second kappa shape index (κ2) is 7.32. The van der Waals surface area contributed by atoms with Crippen molar-refractivity contribution in [3.05, 3.63) is 59.2 Å². The third-order valence-electron chi connectivity index (χ3n) is 4.59. The molecule has 6 nitrogen and oxygen atoms in total. The molecule has 0 unspecified atom stereocenters. The van der Waals surface area contributed by atoms with Crippen LogP contribution in [0.3, 0.4) is 0 Å². The van der Waals surface area contributed by atoms with Crippen molar-refractivity contribution in [2.75, 3.05) is 7.11 Å². The molecular formula is C21H22O6. The molecule has 1 heterocycles. The molecule has 2 aromatic carbocycles. The summed E-state index contributed by atoms with van der Waals surface area (Å²) in [5.74, 6) is -0.623. The van der Waals surface area contributed by atoms with E-state index in [1.807, 2.05) is 6.92 Å². The molecule has 0 radical (unpaired) electrons. The Hall–Kier alpha value is -2.99. The van der Waals surface area contributed by atoms with Crippen LogP contribution < -0.4 is 4.74 Å². The van der Waals surface area contributed by atoms with E-state index in [0.29, 0.717) is 12.8 Å². The number of ketones is 1. The van der Waals surface area contributed by atoms with E-state index in [1.165, 1.54) is 25.3 Å². The van der Waals surface area contributed by atoms with Gasteiger partial charge in [0.05, 0.1) is 7.11 Å². The molecule has 3 rings (SSSR count). The summed E-state index contributed by atoms with van der Waals surface area (Å²) < 4.78 is 10.7. The zero-order valence-electron chi connectivity index (χ0n) is 15.2. The predicted molar refractivity (Wildman–Crippen MR) is 99.5 cm³/mol. The molecular weight excluding hydrogens is 348 g/mol. The number of hydrogen-bond donors (Lipinski definition) is 3. The zero-order valence-corrected chi connectivity index (χ0v) is 15.2. The fourth-order valence-corrected chi connectivity index (χ4v) is 3.03. The average molecular weight is 370 g/mol. The van der Waals surface area contributed by atoms with Crippen molar-refractivity contribution in [3.8, 4) is 23.0 Å². The van der Waals surface area contributed by atoms with Crippen molar-refractivity contribution in [2.24, 2.45) is 0 Å². The first-order valence-electron chi connectivity index (χ1n) is 8.58. The van der Waals surface area contributed by atoms with Crippen LogP contribution in [-0.4, -0.2) is 34.3 Å². The van der Waals surface area contributed by atoms with E-state index in [2.05, 4.69) is 6.58 Å². The Morgan fingerprint density at radius 2 is 1.89 bits per heavy atom. The number of ether oxygens (including phenoxy) is 2. The average Bonchev–Trinajstić information content (AvgIpc) is 3.41. The molecule has 0 aromatic heterocycles. The third-order valence-corrected chi connectivity index (χ3v) is 4.59. The van der Waals surface area contributed by atoms with Gasteiger partial charge in [0.2, 0.25) is 5.78 Å². The molecule has 1 saturated heterocycles. The maximum Gasteiger partial charge on any atom is 0.202 e. The summed E-state index contributed by atoms with van der Waals surface area (Å²) in [6.45, 7) is 5.67. The number of Topliss-reactive ketones (excluding diaryl/α,β-unsaturated/α-hetero) is 1. The first-order valence-corrected chi connectivity index (χ1v) is 8.58. The molecule has 2 atom stereocenters. The summed E-state index contributed by atoms with van der Waals surface area (Å²) in [6.07, 6.45) is -0.288. The van der Waals surface area contributed by atoms with E-state index < -0.39 is 18.0 Å². The Morgan fingerprint density at radius 3 is 2.48 bits per heavy atom. The van der Waals surface area contributed by atoms with Crippen LogP contribution in [0.1, 0.15) is 40.9 Å². The van der Waals surface area contributed by atoms with Crippen molar-refractivity contribution in [1.29, 1.82) is 0 Å². The summed E-state index contributed by atoms with van der Waals surface area (Å²) in [5, 5.41) is 30.2. The SMILES string of the molecule is C=C(C)CCc1c(O)cc(OC)c(C(=O)[C@@H]2O[C@H]2c2ccc(O)cc2)c1O. The molecule has 0 saturated carbocycles. The van der Waals surface area contributed by atoms with Gasteiger partial charge in [0.1, 0.15) is 34.7 Å². The van der Waals surface area contributed by atoms with E-state index in [1.54, 1.807) is 12.1 Å². The van der Waals surface area contributed by atoms with E-state index in [4.69, 9.17) is 9.47 Å². The van der Waals surface area contributed by atoms with Crippen LogP contribution in [0, 0.1) is 0 Å². The number of carbonyl (C=O) groups is 1. The van der Waals surface area contributed by atoms with E-state index >= 15 is 0 Å². The van der Waals surface area contributed by atoms with Crippen LogP contribution in [0.4, 0.5) is 0 Å². The van der Waals surface area contributed by atoms with E-state index in [-0.39, 0.29) is 34.1 Å². The molecule has 6 heteroatoms. The first kappa shape index (κ1) is 18.8. The number of phenolic OH excluding ortho intramolecular Hbond substituents is 3. The smallest absolute Gasteiger partial charge is 0.202 e. The van der Waals surface area contributed by atoms with Gasteiger partial charge in [0.15, 0.2) is 6.10 Å². The van der Waals surface area contributed by atoms with Crippen LogP contribution in [0.2, 0.25) is 0 Å². The lowest BCUT2D eigenvalue weighted by molar-refractivity contribution is 0.0947. The van der Waals surface area contributed by atoms with Crippen LogP contribution in [0.15, 0.2) is 42.5 Å². The van der Waals surface area contributed by atoms with Crippen molar-refractivity contribution in [1.82, 2.24) is 0 Å². The summed E-state index contributed by atoms with van der Waals surface area (Å²) in [7, 11) is 1.36. The summed E-state index contributed by atoms with van der Waals surface area (Å²) in [4.78, 5) is 12.9. The van der Waals surface area contributed by atoms with Gasteiger partial charge in [-0.05, 0) is 37.5 Å². The summed E-state index contributed by atoms with van der Waals surface area (Å²) in [6, 6.07) is 7.73. The van der Waals surface area contributed by atoms with E-state index in [9.17, 15) is 20.1 Å². The van der Waals surface area contributed by atoms with Crippen molar-refractivity contribution < 1.29 is 29.6 Å². The van der Waals surface area contributed by atoms with Gasteiger partial charge in [0, 0.05) is 11.6 Å². The topological polar surface area (TPSA) is 99.5 Å². The largest absolute Gasteiger partial charge is 0.508 e. The van der Waals surface area contributed by atoms with Crippen LogP contribution in [0.5, 0.6) is 23.0 Å². The predicted octanol–water partition coefficient (Wildman–Crippen LogP) is 3.64. The van der Waals surface area contributed by atoms with Gasteiger partial charge in [-0.2, -0.15) is 0 Å². The Labute approximate surface area is 157 Å². The van der Waals surface area contributed by atoms with Gasteiger partial charge in [0.25, 0.3) is 0 Å². The van der Waals surface area contributed by atoms with Gasteiger partial charge in [-0.25, -0.2) is 0 Å². The molecule has 1 aliphatic rings. The highest BCUT2D eigenvalue weighted by atomic mass is 16.6.